The molecule has 0 bridgehead atoms. The van der Waals surface area contributed by atoms with E-state index in [0.29, 0.717) is 4.90 Å². The minimum Gasteiger partial charge on any atom is -0.304 e. The van der Waals surface area contributed by atoms with Crippen LogP contribution in [0.3, 0.4) is 0 Å². The van der Waals surface area contributed by atoms with Crippen LogP contribution in [0.25, 0.3) is 5.69 Å². The summed E-state index contributed by atoms with van der Waals surface area (Å²) in [7, 11) is -3.13. The van der Waals surface area contributed by atoms with Gasteiger partial charge in [-0.05, 0) is 44.5 Å². The molecule has 0 amide bonds. The zero-order valence-electron chi connectivity index (χ0n) is 16.7. The molecule has 0 radical (unpaired) electrons. The van der Waals surface area contributed by atoms with Gasteiger partial charge in [-0.3, -0.25) is 0 Å². The number of hydrogen-bond donors (Lipinski definition) is 0. The SMILES string of the molecule is C=C/C=C\C=C/CC.CCl.Cc1cn(-c2ccc(S(C)(=O)=O)cc2)c(C)n1. The first-order valence-electron chi connectivity index (χ1n) is 8.44. The summed E-state index contributed by atoms with van der Waals surface area (Å²) in [5, 5.41) is 0. The highest BCUT2D eigenvalue weighted by Crippen LogP contribution is 2.15. The standard InChI is InChI=1S/C12H14N2O2S.C8H12.CH3Cl/c1-9-8-14(10(2)13-9)11-4-6-12(7-5-11)17(3,15)16;1-3-5-7-8-6-4-2;1-2/h4-8H,1-3H3;3,5-8H,1,4H2,2H3;1H3/b;7-5-,8-6-;. The zero-order chi connectivity index (χ0) is 20.9. The number of aryl methyl sites for hydroxylation is 2. The fraction of sp³-hybridized carbons (Fsp3) is 0.286. The highest BCUT2D eigenvalue weighted by atomic mass is 35.5. The van der Waals surface area contributed by atoms with E-state index in [1.807, 2.05) is 42.8 Å². The van der Waals surface area contributed by atoms with Gasteiger partial charge in [0.1, 0.15) is 5.82 Å². The first-order valence-corrected chi connectivity index (χ1v) is 11.1. The fourth-order valence-electron chi connectivity index (χ4n) is 2.09. The minimum atomic E-state index is -3.13. The molecule has 27 heavy (non-hydrogen) atoms. The molecule has 6 heteroatoms. The molecule has 148 valence electrons. The lowest BCUT2D eigenvalue weighted by atomic mass is 10.3. The van der Waals surface area contributed by atoms with Gasteiger partial charge >= 0.3 is 0 Å². The first kappa shape index (κ1) is 24.9. The molecular formula is C21H29ClN2O2S. The van der Waals surface area contributed by atoms with Crippen molar-refractivity contribution in [2.24, 2.45) is 0 Å². The van der Waals surface area contributed by atoms with Gasteiger partial charge in [-0.1, -0.05) is 43.9 Å². The van der Waals surface area contributed by atoms with Crippen molar-refractivity contribution in [2.75, 3.05) is 12.6 Å². The lowest BCUT2D eigenvalue weighted by Gasteiger charge is -2.05. The fourth-order valence-corrected chi connectivity index (χ4v) is 2.72. The number of sulfone groups is 1. The van der Waals surface area contributed by atoms with Crippen molar-refractivity contribution >= 4 is 21.4 Å². The van der Waals surface area contributed by atoms with Crippen LogP contribution in [0.1, 0.15) is 24.9 Å². The van der Waals surface area contributed by atoms with Crippen LogP contribution >= 0.6 is 11.6 Å². The molecule has 2 aromatic rings. The predicted octanol–water partition coefficient (Wildman–Crippen LogP) is 5.44. The van der Waals surface area contributed by atoms with E-state index in [-0.39, 0.29) is 0 Å². The summed E-state index contributed by atoms with van der Waals surface area (Å²) in [6, 6.07) is 6.79. The highest BCUT2D eigenvalue weighted by molar-refractivity contribution is 7.90. The maximum absolute atomic E-state index is 11.3. The molecule has 0 fully saturated rings. The van der Waals surface area contributed by atoms with Crippen molar-refractivity contribution in [2.45, 2.75) is 32.1 Å². The van der Waals surface area contributed by atoms with Crippen LogP contribution in [-0.2, 0) is 9.84 Å². The Morgan fingerprint density at radius 3 is 2.11 bits per heavy atom. The van der Waals surface area contributed by atoms with Crippen LogP contribution in [0.5, 0.6) is 0 Å². The Balaban J connectivity index is 0.000000574. The van der Waals surface area contributed by atoms with E-state index < -0.39 is 9.84 Å². The van der Waals surface area contributed by atoms with Gasteiger partial charge in [0.15, 0.2) is 9.84 Å². The smallest absolute Gasteiger partial charge is 0.175 e. The Labute approximate surface area is 168 Å². The number of rotatable bonds is 5. The van der Waals surface area contributed by atoms with Crippen LogP contribution in [0, 0.1) is 13.8 Å². The third-order valence-corrected chi connectivity index (χ3v) is 4.40. The molecule has 0 spiro atoms. The van der Waals surface area contributed by atoms with Gasteiger partial charge in [-0.15, -0.1) is 11.6 Å². The average Bonchev–Trinajstić information content (AvgIpc) is 2.99. The molecule has 0 saturated heterocycles. The van der Waals surface area contributed by atoms with E-state index in [1.165, 1.54) is 12.6 Å². The second-order valence-electron chi connectivity index (χ2n) is 5.52. The number of hydrogen-bond acceptors (Lipinski definition) is 3. The van der Waals surface area contributed by atoms with Gasteiger partial charge in [0, 0.05) is 24.5 Å². The monoisotopic (exact) mass is 408 g/mol. The van der Waals surface area contributed by atoms with Crippen molar-refractivity contribution in [3.8, 4) is 5.69 Å². The predicted molar refractivity (Wildman–Crippen MR) is 117 cm³/mol. The summed E-state index contributed by atoms with van der Waals surface area (Å²) in [4.78, 5) is 4.63. The number of aromatic nitrogens is 2. The van der Waals surface area contributed by atoms with E-state index in [0.717, 1.165) is 23.6 Å². The van der Waals surface area contributed by atoms with E-state index in [2.05, 4.69) is 36.2 Å². The van der Waals surface area contributed by atoms with Gasteiger partial charge in [-0.25, -0.2) is 13.4 Å². The number of benzene rings is 1. The van der Waals surface area contributed by atoms with E-state index in [9.17, 15) is 8.42 Å². The molecule has 1 aromatic carbocycles. The minimum absolute atomic E-state index is 0.329. The van der Waals surface area contributed by atoms with E-state index in [1.54, 1.807) is 30.3 Å². The van der Waals surface area contributed by atoms with E-state index in [4.69, 9.17) is 0 Å². The number of alkyl halides is 1. The molecule has 0 N–H and O–H groups in total. The summed E-state index contributed by atoms with van der Waals surface area (Å²) < 4.78 is 24.6. The summed E-state index contributed by atoms with van der Waals surface area (Å²) in [6.07, 6.45) is 15.4. The third-order valence-electron chi connectivity index (χ3n) is 3.28. The summed E-state index contributed by atoms with van der Waals surface area (Å²) in [5.74, 6) is 0.884. The highest BCUT2D eigenvalue weighted by Gasteiger charge is 2.08. The largest absolute Gasteiger partial charge is 0.304 e. The van der Waals surface area contributed by atoms with E-state index >= 15 is 0 Å². The summed E-state index contributed by atoms with van der Waals surface area (Å²) in [6.45, 7) is 9.49. The molecule has 0 saturated carbocycles. The summed E-state index contributed by atoms with van der Waals surface area (Å²) >= 11 is 4.64. The Morgan fingerprint density at radius 2 is 1.70 bits per heavy atom. The van der Waals surface area contributed by atoms with Gasteiger partial charge in [0.05, 0.1) is 10.6 Å². The molecule has 0 aliphatic rings. The number of allylic oxidation sites excluding steroid dienone is 5. The van der Waals surface area contributed by atoms with Gasteiger partial charge in [-0.2, -0.15) is 0 Å². The van der Waals surface area contributed by atoms with Crippen LogP contribution in [0.15, 0.2) is 72.3 Å². The lowest BCUT2D eigenvalue weighted by Crippen LogP contribution is -1.99. The number of nitrogens with zero attached hydrogens (tertiary/aromatic N) is 2. The first-order chi connectivity index (χ1) is 12.8. The molecular weight excluding hydrogens is 380 g/mol. The Kier molecular flexibility index (Phi) is 12.1. The van der Waals surface area contributed by atoms with Crippen LogP contribution in [-0.4, -0.2) is 30.6 Å². The molecule has 0 unspecified atom stereocenters. The van der Waals surface area contributed by atoms with Crippen LogP contribution < -0.4 is 0 Å². The Morgan fingerprint density at radius 1 is 1.11 bits per heavy atom. The molecule has 2 rings (SSSR count). The zero-order valence-corrected chi connectivity index (χ0v) is 18.3. The van der Waals surface area contributed by atoms with Crippen molar-refractivity contribution in [1.29, 1.82) is 0 Å². The molecule has 1 heterocycles. The van der Waals surface area contributed by atoms with Gasteiger partial charge < -0.3 is 4.57 Å². The van der Waals surface area contributed by atoms with Crippen molar-refractivity contribution in [1.82, 2.24) is 9.55 Å². The maximum atomic E-state index is 11.3. The molecule has 0 atom stereocenters. The van der Waals surface area contributed by atoms with Crippen molar-refractivity contribution < 1.29 is 8.42 Å². The average molecular weight is 409 g/mol. The van der Waals surface area contributed by atoms with Crippen molar-refractivity contribution in [3.05, 3.63) is 78.9 Å². The third kappa shape index (κ3) is 9.40. The van der Waals surface area contributed by atoms with Crippen molar-refractivity contribution in [3.63, 3.8) is 0 Å². The molecule has 1 aromatic heterocycles. The normalized spacial score (nSPS) is 10.9. The Bertz CT molecular complexity index is 849. The Hall–Kier alpha value is -2.11. The summed E-state index contributed by atoms with van der Waals surface area (Å²) in [5.41, 5.74) is 1.85. The second kappa shape index (κ2) is 13.1. The quantitative estimate of drug-likeness (QED) is 0.488. The van der Waals surface area contributed by atoms with Gasteiger partial charge in [0.2, 0.25) is 0 Å². The maximum Gasteiger partial charge on any atom is 0.175 e. The second-order valence-corrected chi connectivity index (χ2v) is 7.54. The van der Waals surface area contributed by atoms with Gasteiger partial charge in [0.25, 0.3) is 0 Å². The lowest BCUT2D eigenvalue weighted by molar-refractivity contribution is 0.602. The number of halogens is 1. The molecule has 0 aliphatic carbocycles. The van der Waals surface area contributed by atoms with Crippen LogP contribution in [0.4, 0.5) is 0 Å². The molecule has 0 aliphatic heterocycles. The number of imidazole rings is 1. The van der Waals surface area contributed by atoms with Crippen LogP contribution in [0.2, 0.25) is 0 Å². The topological polar surface area (TPSA) is 52.0 Å². The molecule has 4 nitrogen and oxygen atoms in total.